The molecule has 2 aliphatic carbocycles. The molecule has 5 rings (SSSR count). The molecule has 180 valence electrons. The lowest BCUT2D eigenvalue weighted by atomic mass is 9.52. The number of carbonyl (C=O) groups is 2. The average Bonchev–Trinajstić information content (AvgIpc) is 3.26. The van der Waals surface area contributed by atoms with Gasteiger partial charge in [-0.15, -0.1) is 0 Å². The normalized spacial score (nSPS) is 23.1. The second-order valence-electron chi connectivity index (χ2n) is 9.16. The van der Waals surface area contributed by atoms with Gasteiger partial charge in [-0.1, -0.05) is 60.7 Å². The summed E-state index contributed by atoms with van der Waals surface area (Å²) in [6.45, 7) is 0. The molecule has 6 nitrogen and oxygen atoms in total. The number of rotatable bonds is 7. The molecule has 0 bridgehead atoms. The average molecular weight is 473 g/mol. The van der Waals surface area contributed by atoms with Crippen molar-refractivity contribution < 1.29 is 28.9 Å². The summed E-state index contributed by atoms with van der Waals surface area (Å²) in [4.78, 5) is 26.3. The number of hydrogen-bond acceptors (Lipinski definition) is 5. The van der Waals surface area contributed by atoms with Gasteiger partial charge < -0.3 is 19.3 Å². The second kappa shape index (κ2) is 9.45. The Labute approximate surface area is 204 Å². The van der Waals surface area contributed by atoms with Crippen LogP contribution >= 0.6 is 0 Å². The quantitative estimate of drug-likeness (QED) is 0.506. The van der Waals surface area contributed by atoms with E-state index < -0.39 is 29.6 Å². The molecule has 0 heterocycles. The van der Waals surface area contributed by atoms with E-state index in [1.54, 1.807) is 26.4 Å². The van der Waals surface area contributed by atoms with Crippen molar-refractivity contribution in [2.24, 2.45) is 11.8 Å². The maximum absolute atomic E-state index is 13.8. The van der Waals surface area contributed by atoms with Crippen molar-refractivity contribution in [1.29, 1.82) is 0 Å². The van der Waals surface area contributed by atoms with E-state index in [0.29, 0.717) is 35.5 Å². The predicted molar refractivity (Wildman–Crippen MR) is 130 cm³/mol. The number of fused-ring (bicyclic) bond motifs is 1. The molecule has 0 spiro atoms. The summed E-state index contributed by atoms with van der Waals surface area (Å²) in [5.74, 6) is -2.92. The number of carbonyl (C=O) groups excluding carboxylic acids is 1. The van der Waals surface area contributed by atoms with Gasteiger partial charge in [0.15, 0.2) is 0 Å². The van der Waals surface area contributed by atoms with Crippen LogP contribution in [0.2, 0.25) is 0 Å². The van der Waals surface area contributed by atoms with E-state index >= 15 is 0 Å². The van der Waals surface area contributed by atoms with Gasteiger partial charge in [-0.25, -0.2) is 0 Å². The zero-order valence-corrected chi connectivity index (χ0v) is 19.7. The number of carboxylic acids is 1. The van der Waals surface area contributed by atoms with E-state index in [4.69, 9.17) is 14.2 Å². The second-order valence-corrected chi connectivity index (χ2v) is 9.16. The van der Waals surface area contributed by atoms with Crippen LogP contribution in [0.5, 0.6) is 11.5 Å². The Hall–Kier alpha value is -3.80. The lowest BCUT2D eigenvalue weighted by Gasteiger charge is -2.49. The van der Waals surface area contributed by atoms with Gasteiger partial charge in [-0.3, -0.25) is 9.59 Å². The molecule has 0 radical (unpaired) electrons. The van der Waals surface area contributed by atoms with Gasteiger partial charge in [0.1, 0.15) is 17.6 Å². The van der Waals surface area contributed by atoms with Gasteiger partial charge in [0, 0.05) is 24.7 Å². The first kappa shape index (κ1) is 23.0. The lowest BCUT2D eigenvalue weighted by Crippen LogP contribution is -2.52. The Bertz CT molecular complexity index is 1170. The molecular formula is C29H28O6. The van der Waals surface area contributed by atoms with Crippen LogP contribution in [0.3, 0.4) is 0 Å². The Morgan fingerprint density at radius 3 is 1.63 bits per heavy atom. The molecule has 0 aromatic heterocycles. The molecule has 35 heavy (non-hydrogen) atoms. The number of ether oxygens (including phenoxy) is 3. The van der Waals surface area contributed by atoms with Crippen LogP contribution in [0.4, 0.5) is 0 Å². The van der Waals surface area contributed by atoms with Crippen LogP contribution in [-0.4, -0.2) is 37.4 Å². The maximum Gasteiger partial charge on any atom is 0.310 e. The minimum absolute atomic E-state index is 0.264. The minimum atomic E-state index is -0.964. The Morgan fingerprint density at radius 2 is 1.17 bits per heavy atom. The van der Waals surface area contributed by atoms with Gasteiger partial charge in [0.25, 0.3) is 0 Å². The van der Waals surface area contributed by atoms with Crippen molar-refractivity contribution in [3.63, 3.8) is 0 Å². The maximum atomic E-state index is 13.8. The third-order valence-corrected chi connectivity index (χ3v) is 7.40. The zero-order chi connectivity index (χ0) is 24.5. The third kappa shape index (κ3) is 4.03. The highest BCUT2D eigenvalue weighted by molar-refractivity contribution is 5.85. The first-order valence-corrected chi connectivity index (χ1v) is 11.8. The fourth-order valence-electron chi connectivity index (χ4n) is 5.85. The molecule has 1 fully saturated rings. The lowest BCUT2D eigenvalue weighted by molar-refractivity contribution is -0.167. The van der Waals surface area contributed by atoms with Crippen LogP contribution in [0, 0.1) is 11.8 Å². The van der Waals surface area contributed by atoms with Crippen molar-refractivity contribution in [3.05, 3.63) is 95.1 Å². The van der Waals surface area contributed by atoms with E-state index in [0.717, 1.165) is 0 Å². The van der Waals surface area contributed by atoms with Gasteiger partial charge in [0.05, 0.1) is 26.1 Å². The summed E-state index contributed by atoms with van der Waals surface area (Å²) >= 11 is 0. The highest BCUT2D eigenvalue weighted by atomic mass is 16.5. The van der Waals surface area contributed by atoms with Gasteiger partial charge in [0.2, 0.25) is 0 Å². The minimum Gasteiger partial charge on any atom is -0.496 e. The summed E-state index contributed by atoms with van der Waals surface area (Å²) in [6, 6.07) is 22.7. The standard InChI is InChI=1S/C29H28O6/c1-33-22-13-7-5-11-20(22)24-26(28(30)31)25(21-12-6-8-14-23(21)34-2)27(24)29(32)35-19-15-17-9-3-4-10-18(17)16-19/h3-14,19,24-27H,15-16H2,1-2H3,(H,30,31)/t24?,25?,26-,27+. The third-order valence-electron chi connectivity index (χ3n) is 7.40. The van der Waals surface area contributed by atoms with Crippen LogP contribution in [0.25, 0.3) is 0 Å². The highest BCUT2D eigenvalue weighted by Gasteiger charge is 2.60. The largest absolute Gasteiger partial charge is 0.496 e. The monoisotopic (exact) mass is 472 g/mol. The SMILES string of the molecule is COc1ccccc1C1[C@H](C(=O)O)C(c2ccccc2OC)[C@@H]1C(=O)OC1Cc2ccccc2C1. The van der Waals surface area contributed by atoms with Gasteiger partial charge >= 0.3 is 11.9 Å². The van der Waals surface area contributed by atoms with E-state index in [1.165, 1.54) is 11.1 Å². The van der Waals surface area contributed by atoms with Crippen LogP contribution in [0.15, 0.2) is 72.8 Å². The molecule has 0 amide bonds. The molecule has 6 heteroatoms. The molecule has 0 saturated heterocycles. The summed E-state index contributed by atoms with van der Waals surface area (Å²) in [5.41, 5.74) is 3.77. The highest BCUT2D eigenvalue weighted by Crippen LogP contribution is 2.60. The number of benzene rings is 3. The molecule has 3 aromatic carbocycles. The fraction of sp³-hybridized carbons (Fsp3) is 0.310. The molecule has 0 aliphatic heterocycles. The first-order valence-electron chi connectivity index (χ1n) is 11.8. The Morgan fingerprint density at radius 1 is 0.714 bits per heavy atom. The van der Waals surface area contributed by atoms with Gasteiger partial charge in [-0.05, 0) is 34.4 Å². The van der Waals surface area contributed by atoms with Crippen molar-refractivity contribution in [2.75, 3.05) is 14.2 Å². The molecule has 2 atom stereocenters. The number of aliphatic carboxylic acids is 1. The zero-order valence-electron chi connectivity index (χ0n) is 19.7. The predicted octanol–water partition coefficient (Wildman–Crippen LogP) is 4.61. The molecule has 2 aliphatic rings. The number of carboxylic acid groups (broad SMARTS) is 1. The summed E-state index contributed by atoms with van der Waals surface area (Å²) in [7, 11) is 3.10. The van der Waals surface area contributed by atoms with E-state index in [9.17, 15) is 14.7 Å². The van der Waals surface area contributed by atoms with Crippen LogP contribution in [-0.2, 0) is 27.2 Å². The van der Waals surface area contributed by atoms with E-state index in [2.05, 4.69) is 12.1 Å². The summed E-state index contributed by atoms with van der Waals surface area (Å²) in [6.07, 6.45) is 1.06. The number of esters is 1. The summed E-state index contributed by atoms with van der Waals surface area (Å²) in [5, 5.41) is 10.3. The topological polar surface area (TPSA) is 82.1 Å². The Balaban J connectivity index is 1.53. The smallest absolute Gasteiger partial charge is 0.310 e. The molecular weight excluding hydrogens is 444 g/mol. The van der Waals surface area contributed by atoms with Crippen molar-refractivity contribution >= 4 is 11.9 Å². The van der Waals surface area contributed by atoms with Crippen LogP contribution < -0.4 is 9.47 Å². The molecule has 1 N–H and O–H groups in total. The van der Waals surface area contributed by atoms with E-state index in [1.807, 2.05) is 48.5 Å². The molecule has 1 saturated carbocycles. The number of para-hydroxylation sites is 2. The number of methoxy groups -OCH3 is 2. The van der Waals surface area contributed by atoms with Crippen molar-refractivity contribution in [3.8, 4) is 11.5 Å². The Kier molecular flexibility index (Phi) is 6.20. The van der Waals surface area contributed by atoms with Crippen molar-refractivity contribution in [1.82, 2.24) is 0 Å². The van der Waals surface area contributed by atoms with Crippen molar-refractivity contribution in [2.45, 2.75) is 30.8 Å². The summed E-state index contributed by atoms with van der Waals surface area (Å²) < 4.78 is 17.2. The number of hydrogen-bond donors (Lipinski definition) is 1. The first-order chi connectivity index (χ1) is 17.0. The van der Waals surface area contributed by atoms with Crippen LogP contribution in [0.1, 0.15) is 34.1 Å². The molecule has 3 aromatic rings. The van der Waals surface area contributed by atoms with E-state index in [-0.39, 0.29) is 12.1 Å². The fourth-order valence-corrected chi connectivity index (χ4v) is 5.85. The van der Waals surface area contributed by atoms with Gasteiger partial charge in [-0.2, -0.15) is 0 Å². The molecule has 2 unspecified atom stereocenters.